The molecule has 0 atom stereocenters. The van der Waals surface area contributed by atoms with Crippen molar-refractivity contribution in [3.05, 3.63) is 11.1 Å². The molecule has 0 aliphatic rings. The van der Waals surface area contributed by atoms with Crippen LogP contribution in [0.25, 0.3) is 0 Å². The lowest BCUT2D eigenvalue weighted by molar-refractivity contribution is 0.831. The Bertz CT molecular complexity index is 503. The summed E-state index contributed by atoms with van der Waals surface area (Å²) >= 11 is 0. The molecule has 0 radical (unpaired) electrons. The molecule has 0 saturated carbocycles. The molecule has 6 nitrogen and oxygen atoms in total. The lowest BCUT2D eigenvalue weighted by atomic mass is 9.83. The summed E-state index contributed by atoms with van der Waals surface area (Å²) in [6.45, 7) is 0. The number of nitriles is 6. The van der Waals surface area contributed by atoms with Gasteiger partial charge in [-0.1, -0.05) is 0 Å². The second kappa shape index (κ2) is 4.64. The smallest absolute Gasteiger partial charge is 0.195 e. The molecule has 0 aromatic heterocycles. The van der Waals surface area contributed by atoms with E-state index in [1.165, 1.54) is 36.4 Å². The fraction of sp³-hybridized carbons (Fsp3) is 0.111. The normalized spacial score (nSPS) is 7.60. The average Bonchev–Trinajstić information content (AvgIpc) is 2.30. The summed E-state index contributed by atoms with van der Waals surface area (Å²) in [5.74, 6) is 0. The molecule has 0 amide bonds. The van der Waals surface area contributed by atoms with Crippen molar-refractivity contribution >= 4 is 0 Å². The first kappa shape index (κ1) is 11.7. The van der Waals surface area contributed by atoms with Gasteiger partial charge in [-0.25, -0.2) is 0 Å². The molecule has 15 heavy (non-hydrogen) atoms. The lowest BCUT2D eigenvalue weighted by Crippen LogP contribution is -2.17. The minimum absolute atomic E-state index is 0.706. The summed E-state index contributed by atoms with van der Waals surface area (Å²) in [7, 11) is 0. The van der Waals surface area contributed by atoms with E-state index in [2.05, 4.69) is 0 Å². The molecule has 0 bridgehead atoms. The highest BCUT2D eigenvalue weighted by Gasteiger charge is 2.38. The SMILES string of the molecule is N#CC(C#N)=C(C#N)C(C#N)(C#N)C#N. The maximum absolute atomic E-state index is 8.62. The molecule has 0 unspecified atom stereocenters. The van der Waals surface area contributed by atoms with Gasteiger partial charge in [0.05, 0.1) is 0 Å². The van der Waals surface area contributed by atoms with E-state index in [4.69, 9.17) is 31.6 Å². The third-order valence-corrected chi connectivity index (χ3v) is 1.46. The van der Waals surface area contributed by atoms with Crippen molar-refractivity contribution in [3.63, 3.8) is 0 Å². The van der Waals surface area contributed by atoms with Gasteiger partial charge in [0.15, 0.2) is 0 Å². The van der Waals surface area contributed by atoms with Crippen LogP contribution in [0.5, 0.6) is 0 Å². The Balaban J connectivity index is 6.18. The molecule has 0 rings (SSSR count). The lowest BCUT2D eigenvalue weighted by Gasteiger charge is -2.05. The standard InChI is InChI=1S/C9N6/c10-1-7(2-11)8(3-12)9(4-13,5-14)6-15. The number of nitrogens with zero attached hydrogens (tertiary/aromatic N) is 6. The quantitative estimate of drug-likeness (QED) is 0.550. The van der Waals surface area contributed by atoms with Gasteiger partial charge >= 0.3 is 0 Å². The van der Waals surface area contributed by atoms with E-state index in [9.17, 15) is 0 Å². The van der Waals surface area contributed by atoms with E-state index in [1.807, 2.05) is 0 Å². The molecule has 66 valence electrons. The zero-order valence-corrected chi connectivity index (χ0v) is 7.18. The van der Waals surface area contributed by atoms with E-state index in [0.717, 1.165) is 0 Å². The summed E-state index contributed by atoms with van der Waals surface area (Å²) in [5, 5.41) is 51.4. The minimum atomic E-state index is -2.39. The Morgan fingerprint density at radius 1 is 0.667 bits per heavy atom. The van der Waals surface area contributed by atoms with Crippen LogP contribution in [0, 0.1) is 73.4 Å². The zero-order chi connectivity index (χ0) is 11.9. The molecular weight excluding hydrogens is 192 g/mol. The monoisotopic (exact) mass is 192 g/mol. The molecule has 0 aromatic rings. The predicted molar refractivity (Wildman–Crippen MR) is 43.1 cm³/mol. The van der Waals surface area contributed by atoms with Crippen molar-refractivity contribution in [2.45, 2.75) is 0 Å². The predicted octanol–water partition coefficient (Wildman–Crippen LogP) is 0.411. The van der Waals surface area contributed by atoms with Crippen LogP contribution >= 0.6 is 0 Å². The number of allylic oxidation sites excluding steroid dienone is 2. The Hall–Kier alpha value is -3.32. The molecular formula is C9N6. The van der Waals surface area contributed by atoms with Crippen molar-refractivity contribution < 1.29 is 0 Å². The van der Waals surface area contributed by atoms with E-state index in [1.54, 1.807) is 0 Å². The third-order valence-electron chi connectivity index (χ3n) is 1.46. The molecule has 0 saturated heterocycles. The second-order valence-electron chi connectivity index (χ2n) is 2.17. The van der Waals surface area contributed by atoms with E-state index in [0.29, 0.717) is 0 Å². The molecule has 0 N–H and O–H groups in total. The van der Waals surface area contributed by atoms with Crippen LogP contribution in [0.1, 0.15) is 0 Å². The van der Waals surface area contributed by atoms with Crippen LogP contribution in [0.2, 0.25) is 0 Å². The number of hydrogen-bond acceptors (Lipinski definition) is 6. The van der Waals surface area contributed by atoms with Gasteiger partial charge in [0, 0.05) is 0 Å². The van der Waals surface area contributed by atoms with E-state index >= 15 is 0 Å². The molecule has 0 aromatic carbocycles. The largest absolute Gasteiger partial charge is 0.265 e. The average molecular weight is 192 g/mol. The summed E-state index contributed by atoms with van der Waals surface area (Å²) < 4.78 is 0. The maximum Gasteiger partial charge on any atom is 0.265 e. The van der Waals surface area contributed by atoms with Crippen molar-refractivity contribution in [2.24, 2.45) is 5.41 Å². The highest BCUT2D eigenvalue weighted by atomic mass is 14.5. The fourth-order valence-electron chi connectivity index (χ4n) is 0.707. The van der Waals surface area contributed by atoms with Crippen LogP contribution in [0.3, 0.4) is 0 Å². The highest BCUT2D eigenvalue weighted by molar-refractivity contribution is 5.57. The van der Waals surface area contributed by atoms with Gasteiger partial charge in [0.2, 0.25) is 0 Å². The first-order valence-corrected chi connectivity index (χ1v) is 3.34. The first-order chi connectivity index (χ1) is 7.15. The summed E-state index contributed by atoms with van der Waals surface area (Å²) in [6.07, 6.45) is 0. The molecule has 6 heteroatoms. The van der Waals surface area contributed by atoms with Gasteiger partial charge in [-0.15, -0.1) is 0 Å². The van der Waals surface area contributed by atoms with Gasteiger partial charge in [0.25, 0.3) is 5.41 Å². The number of hydrogen-bond donors (Lipinski definition) is 0. The molecule has 0 spiro atoms. The Morgan fingerprint density at radius 2 is 1.07 bits per heavy atom. The van der Waals surface area contributed by atoms with Crippen molar-refractivity contribution in [2.75, 3.05) is 0 Å². The van der Waals surface area contributed by atoms with Crippen LogP contribution in [0.15, 0.2) is 11.1 Å². The van der Waals surface area contributed by atoms with Crippen LogP contribution in [0.4, 0.5) is 0 Å². The van der Waals surface area contributed by atoms with Crippen LogP contribution in [-0.4, -0.2) is 0 Å². The van der Waals surface area contributed by atoms with Crippen molar-refractivity contribution in [1.82, 2.24) is 0 Å². The zero-order valence-electron chi connectivity index (χ0n) is 7.18. The molecule has 0 fully saturated rings. The highest BCUT2D eigenvalue weighted by Crippen LogP contribution is 2.26. The second-order valence-corrected chi connectivity index (χ2v) is 2.17. The van der Waals surface area contributed by atoms with Gasteiger partial charge < -0.3 is 0 Å². The summed E-state index contributed by atoms with van der Waals surface area (Å²) in [5.41, 5.74) is -3.84. The first-order valence-electron chi connectivity index (χ1n) is 3.34. The maximum atomic E-state index is 8.62. The number of rotatable bonds is 1. The summed E-state index contributed by atoms with van der Waals surface area (Å²) in [4.78, 5) is 0. The molecule has 0 aliphatic heterocycles. The van der Waals surface area contributed by atoms with Crippen molar-refractivity contribution in [1.29, 1.82) is 31.6 Å². The molecule has 0 heterocycles. The van der Waals surface area contributed by atoms with Crippen LogP contribution in [-0.2, 0) is 0 Å². The van der Waals surface area contributed by atoms with Gasteiger partial charge in [-0.2, -0.15) is 31.6 Å². The Labute approximate surface area is 85.3 Å². The Morgan fingerprint density at radius 3 is 1.27 bits per heavy atom. The Kier molecular flexibility index (Phi) is 3.62. The fourth-order valence-corrected chi connectivity index (χ4v) is 0.707. The third kappa shape index (κ3) is 1.71. The molecule has 0 aliphatic carbocycles. The topological polar surface area (TPSA) is 143 Å². The van der Waals surface area contributed by atoms with Crippen molar-refractivity contribution in [3.8, 4) is 36.4 Å². The van der Waals surface area contributed by atoms with Gasteiger partial charge in [-0.3, -0.25) is 0 Å². The van der Waals surface area contributed by atoms with E-state index < -0.39 is 16.6 Å². The van der Waals surface area contributed by atoms with Crippen LogP contribution < -0.4 is 0 Å². The van der Waals surface area contributed by atoms with Gasteiger partial charge in [0.1, 0.15) is 47.6 Å². The summed E-state index contributed by atoms with van der Waals surface area (Å²) in [6, 6.07) is 8.00. The van der Waals surface area contributed by atoms with Gasteiger partial charge in [-0.05, 0) is 0 Å². The minimum Gasteiger partial charge on any atom is -0.195 e. The van der Waals surface area contributed by atoms with E-state index in [-0.39, 0.29) is 0 Å².